The second-order valence-corrected chi connectivity index (χ2v) is 4.11. The summed E-state index contributed by atoms with van der Waals surface area (Å²) in [7, 11) is 1.99. The number of aryl methyl sites for hydroxylation is 1. The molecular formula is C13H17NO3. The lowest BCUT2D eigenvalue weighted by molar-refractivity contribution is -0.00128. The lowest BCUT2D eigenvalue weighted by Gasteiger charge is -2.09. The minimum atomic E-state index is -0.801. The van der Waals surface area contributed by atoms with E-state index in [1.54, 1.807) is 0 Å². The number of rotatable bonds is 5. The topological polar surface area (TPSA) is 54.6 Å². The Morgan fingerprint density at radius 1 is 1.35 bits per heavy atom. The van der Waals surface area contributed by atoms with Crippen LogP contribution in [0.25, 0.3) is 10.9 Å². The van der Waals surface area contributed by atoms with E-state index in [1.807, 2.05) is 19.2 Å². The number of hydrogen-bond acceptors (Lipinski definition) is 3. The molecule has 92 valence electrons. The molecule has 0 fully saturated rings. The smallest absolute Gasteiger partial charge is 0.100 e. The normalized spacial score (nSPS) is 13.1. The molecule has 2 aromatic rings. The van der Waals surface area contributed by atoms with Crippen molar-refractivity contribution in [1.29, 1.82) is 0 Å². The van der Waals surface area contributed by atoms with Crippen LogP contribution in [-0.2, 0) is 18.4 Å². The maximum absolute atomic E-state index is 9.16. The third-order valence-corrected chi connectivity index (χ3v) is 2.82. The number of aromatic nitrogens is 1. The minimum absolute atomic E-state index is 0.151. The van der Waals surface area contributed by atoms with Crippen molar-refractivity contribution in [2.75, 3.05) is 13.2 Å². The van der Waals surface area contributed by atoms with Crippen LogP contribution in [0, 0.1) is 0 Å². The van der Waals surface area contributed by atoms with Gasteiger partial charge in [0.05, 0.1) is 19.8 Å². The summed E-state index contributed by atoms with van der Waals surface area (Å²) in [5, 5.41) is 19.0. The van der Waals surface area contributed by atoms with Gasteiger partial charge >= 0.3 is 0 Å². The summed E-state index contributed by atoms with van der Waals surface area (Å²) < 4.78 is 7.42. The number of ether oxygens (including phenoxy) is 1. The zero-order valence-corrected chi connectivity index (χ0v) is 9.84. The highest BCUT2D eigenvalue weighted by atomic mass is 16.5. The van der Waals surface area contributed by atoms with Crippen LogP contribution >= 0.6 is 0 Å². The van der Waals surface area contributed by atoms with Gasteiger partial charge in [-0.25, -0.2) is 0 Å². The number of para-hydroxylation sites is 1. The van der Waals surface area contributed by atoms with Gasteiger partial charge in [0, 0.05) is 18.3 Å². The first-order valence-corrected chi connectivity index (χ1v) is 5.62. The number of aliphatic hydroxyl groups is 2. The Morgan fingerprint density at radius 3 is 2.82 bits per heavy atom. The van der Waals surface area contributed by atoms with Crippen LogP contribution in [0.3, 0.4) is 0 Å². The summed E-state index contributed by atoms with van der Waals surface area (Å²) in [4.78, 5) is 0. The van der Waals surface area contributed by atoms with E-state index in [2.05, 4.69) is 22.8 Å². The molecular weight excluding hydrogens is 218 g/mol. The van der Waals surface area contributed by atoms with Gasteiger partial charge in [0.25, 0.3) is 0 Å². The van der Waals surface area contributed by atoms with Gasteiger partial charge in [-0.3, -0.25) is 0 Å². The van der Waals surface area contributed by atoms with Crippen molar-refractivity contribution in [1.82, 2.24) is 4.57 Å². The van der Waals surface area contributed by atoms with E-state index in [1.165, 1.54) is 5.39 Å². The molecule has 0 saturated heterocycles. The molecule has 1 aromatic carbocycles. The Hall–Kier alpha value is -1.36. The van der Waals surface area contributed by atoms with Gasteiger partial charge in [0.1, 0.15) is 6.10 Å². The van der Waals surface area contributed by atoms with Crippen LogP contribution < -0.4 is 0 Å². The summed E-state index contributed by atoms with van der Waals surface area (Å²) >= 11 is 0. The maximum Gasteiger partial charge on any atom is 0.100 e. The molecule has 2 rings (SSSR count). The van der Waals surface area contributed by atoms with Crippen LogP contribution in [0.5, 0.6) is 0 Å². The van der Waals surface area contributed by atoms with Crippen molar-refractivity contribution in [3.63, 3.8) is 0 Å². The third kappa shape index (κ3) is 2.66. The highest BCUT2D eigenvalue weighted by Crippen LogP contribution is 2.18. The number of hydrogen-bond donors (Lipinski definition) is 2. The van der Waals surface area contributed by atoms with E-state index in [0.717, 1.165) is 11.2 Å². The molecule has 0 aliphatic heterocycles. The van der Waals surface area contributed by atoms with Gasteiger partial charge in [0.15, 0.2) is 0 Å². The molecule has 0 aliphatic carbocycles. The molecule has 2 N–H and O–H groups in total. The van der Waals surface area contributed by atoms with Crippen LogP contribution in [-0.4, -0.2) is 34.1 Å². The van der Waals surface area contributed by atoms with Crippen LogP contribution in [0.1, 0.15) is 5.69 Å². The summed E-state index contributed by atoms with van der Waals surface area (Å²) in [6, 6.07) is 10.2. The Morgan fingerprint density at radius 2 is 2.12 bits per heavy atom. The number of nitrogens with zero attached hydrogens (tertiary/aromatic N) is 1. The standard InChI is InChI=1S/C13H17NO3/c1-14-11(8-17-9-12(16)7-15)6-10-4-2-3-5-13(10)14/h2-6,12,15-16H,7-9H2,1H3. The van der Waals surface area contributed by atoms with E-state index in [4.69, 9.17) is 14.9 Å². The van der Waals surface area contributed by atoms with Crippen LogP contribution in [0.4, 0.5) is 0 Å². The van der Waals surface area contributed by atoms with Gasteiger partial charge in [-0.2, -0.15) is 0 Å². The first-order chi connectivity index (χ1) is 8.22. The van der Waals surface area contributed by atoms with Crippen LogP contribution in [0.15, 0.2) is 30.3 Å². The molecule has 0 bridgehead atoms. The molecule has 0 radical (unpaired) electrons. The molecule has 4 nitrogen and oxygen atoms in total. The monoisotopic (exact) mass is 235 g/mol. The highest BCUT2D eigenvalue weighted by Gasteiger charge is 2.06. The molecule has 1 heterocycles. The quantitative estimate of drug-likeness (QED) is 0.814. The molecule has 17 heavy (non-hydrogen) atoms. The van der Waals surface area contributed by atoms with E-state index in [-0.39, 0.29) is 13.2 Å². The molecule has 0 saturated carbocycles. The highest BCUT2D eigenvalue weighted by molar-refractivity contribution is 5.81. The number of fused-ring (bicyclic) bond motifs is 1. The molecule has 1 atom stereocenters. The third-order valence-electron chi connectivity index (χ3n) is 2.82. The second kappa shape index (κ2) is 5.31. The fourth-order valence-electron chi connectivity index (χ4n) is 1.84. The van der Waals surface area contributed by atoms with Gasteiger partial charge in [-0.05, 0) is 17.5 Å². The first kappa shape index (κ1) is 12.1. The minimum Gasteiger partial charge on any atom is -0.394 e. The zero-order chi connectivity index (χ0) is 12.3. The second-order valence-electron chi connectivity index (χ2n) is 4.11. The van der Waals surface area contributed by atoms with E-state index in [0.29, 0.717) is 6.61 Å². The number of aliphatic hydroxyl groups excluding tert-OH is 2. The van der Waals surface area contributed by atoms with Crippen LogP contribution in [0.2, 0.25) is 0 Å². The fraction of sp³-hybridized carbons (Fsp3) is 0.385. The van der Waals surface area contributed by atoms with E-state index >= 15 is 0 Å². The lowest BCUT2D eigenvalue weighted by atomic mass is 10.2. The van der Waals surface area contributed by atoms with Crippen molar-refractivity contribution >= 4 is 10.9 Å². The first-order valence-electron chi connectivity index (χ1n) is 5.62. The Bertz CT molecular complexity index is 492. The summed E-state index contributed by atoms with van der Waals surface area (Å²) in [6.07, 6.45) is -0.801. The largest absolute Gasteiger partial charge is 0.394 e. The molecule has 0 amide bonds. The van der Waals surface area contributed by atoms with Gasteiger partial charge in [-0.15, -0.1) is 0 Å². The van der Waals surface area contributed by atoms with E-state index in [9.17, 15) is 0 Å². The van der Waals surface area contributed by atoms with Crippen molar-refractivity contribution in [2.45, 2.75) is 12.7 Å². The Balaban J connectivity index is 2.06. The summed E-state index contributed by atoms with van der Waals surface area (Å²) in [6.45, 7) is 0.315. The summed E-state index contributed by atoms with van der Waals surface area (Å²) in [5.41, 5.74) is 2.21. The zero-order valence-electron chi connectivity index (χ0n) is 9.84. The van der Waals surface area contributed by atoms with E-state index < -0.39 is 6.10 Å². The average Bonchev–Trinajstić information content (AvgIpc) is 2.67. The van der Waals surface area contributed by atoms with Crippen molar-refractivity contribution in [2.24, 2.45) is 7.05 Å². The predicted octanol–water partition coefficient (Wildman–Crippen LogP) is 1.05. The molecule has 0 aliphatic rings. The Labute approximate surface area is 100 Å². The van der Waals surface area contributed by atoms with Gasteiger partial charge < -0.3 is 19.5 Å². The maximum atomic E-state index is 9.16. The van der Waals surface area contributed by atoms with Crippen molar-refractivity contribution in [3.05, 3.63) is 36.0 Å². The van der Waals surface area contributed by atoms with Crippen molar-refractivity contribution < 1.29 is 14.9 Å². The number of benzene rings is 1. The van der Waals surface area contributed by atoms with Gasteiger partial charge in [-0.1, -0.05) is 18.2 Å². The molecule has 4 heteroatoms. The SMILES string of the molecule is Cn1c(COCC(O)CO)cc2ccccc21. The fourth-order valence-corrected chi connectivity index (χ4v) is 1.84. The summed E-state index contributed by atoms with van der Waals surface area (Å²) in [5.74, 6) is 0. The molecule has 1 aromatic heterocycles. The molecule has 1 unspecified atom stereocenters. The van der Waals surface area contributed by atoms with Crippen molar-refractivity contribution in [3.8, 4) is 0 Å². The Kier molecular flexibility index (Phi) is 3.78. The average molecular weight is 235 g/mol. The lowest BCUT2D eigenvalue weighted by Crippen LogP contribution is -2.19. The van der Waals surface area contributed by atoms with Gasteiger partial charge in [0.2, 0.25) is 0 Å². The predicted molar refractivity (Wildman–Crippen MR) is 65.7 cm³/mol. The molecule has 0 spiro atoms.